The molecule has 0 atom stereocenters. The lowest BCUT2D eigenvalue weighted by Crippen LogP contribution is -1.95. The van der Waals surface area contributed by atoms with Gasteiger partial charge in [0.15, 0.2) is 0 Å². The zero-order valence-corrected chi connectivity index (χ0v) is 5.56. The highest BCUT2D eigenvalue weighted by Gasteiger charge is 1.89. The van der Waals surface area contributed by atoms with E-state index in [2.05, 4.69) is 0 Å². The van der Waals surface area contributed by atoms with Crippen molar-refractivity contribution in [2.45, 2.75) is 20.8 Å². The molecule has 46 valence electrons. The topological polar surface area (TPSA) is 29.5 Å². The van der Waals surface area contributed by atoms with Crippen molar-refractivity contribution in [2.24, 2.45) is 0 Å². The minimum atomic E-state index is -0.225. The number of rotatable bonds is 2. The Balaban J connectivity index is 3.62. The molecule has 0 saturated carbocycles. The molecule has 0 radical (unpaired) electrons. The van der Waals surface area contributed by atoms with Crippen molar-refractivity contribution in [1.29, 1.82) is 0 Å². The van der Waals surface area contributed by atoms with Crippen molar-refractivity contribution in [2.75, 3.05) is 0 Å². The predicted octanol–water partition coefficient (Wildman–Crippen LogP) is 0.576. The molecule has 0 spiro atoms. The van der Waals surface area contributed by atoms with Crippen molar-refractivity contribution in [3.05, 3.63) is 11.3 Å². The summed E-state index contributed by atoms with van der Waals surface area (Å²) in [5, 5.41) is 8.23. The average molecular weight is 114 g/mol. The van der Waals surface area contributed by atoms with Crippen LogP contribution >= 0.6 is 0 Å². The minimum absolute atomic E-state index is 0.225. The summed E-state index contributed by atoms with van der Waals surface area (Å²) in [6.07, 6.45) is 0. The van der Waals surface area contributed by atoms with Gasteiger partial charge in [0.25, 0.3) is 0 Å². The van der Waals surface area contributed by atoms with Gasteiger partial charge in [-0.15, -0.1) is 0 Å². The van der Waals surface area contributed by atoms with Crippen LogP contribution in [0.25, 0.3) is 0 Å². The molecule has 0 aliphatic rings. The molecule has 0 aromatic heterocycles. The fourth-order valence-electron chi connectivity index (χ4n) is 0.241. The fraction of sp³-hybridized carbons (Fsp3) is 0.600. The van der Waals surface area contributed by atoms with Crippen LogP contribution in [0.5, 0.6) is 0 Å². The summed E-state index contributed by atoms with van der Waals surface area (Å²) in [4.78, 5) is 0. The van der Waals surface area contributed by atoms with Crippen LogP contribution in [-0.4, -0.2) is 12.7 Å². The maximum absolute atomic E-state index is 8.23. The van der Waals surface area contributed by atoms with Crippen LogP contribution in [0.15, 0.2) is 11.3 Å². The van der Waals surface area contributed by atoms with E-state index in [-0.39, 0.29) is 7.69 Å². The van der Waals surface area contributed by atoms with Crippen molar-refractivity contribution >= 4 is 7.69 Å². The van der Waals surface area contributed by atoms with E-state index in [1.165, 1.54) is 0 Å². The van der Waals surface area contributed by atoms with Crippen LogP contribution < -0.4 is 0 Å². The van der Waals surface area contributed by atoms with Gasteiger partial charge in [-0.25, -0.2) is 0 Å². The Kier molecular flexibility index (Phi) is 3.36. The van der Waals surface area contributed by atoms with E-state index in [1.54, 1.807) is 0 Å². The van der Waals surface area contributed by atoms with E-state index < -0.39 is 0 Å². The molecular formula is C5H11BO2. The summed E-state index contributed by atoms with van der Waals surface area (Å²) >= 11 is 0. The molecule has 8 heavy (non-hydrogen) atoms. The van der Waals surface area contributed by atoms with Crippen molar-refractivity contribution in [1.82, 2.24) is 0 Å². The Bertz CT molecular complexity index is 94.6. The minimum Gasteiger partial charge on any atom is -0.542 e. The third-order valence-corrected chi connectivity index (χ3v) is 0.985. The Morgan fingerprint density at radius 3 is 2.00 bits per heavy atom. The zero-order chi connectivity index (χ0) is 6.57. The molecule has 0 amide bonds. The van der Waals surface area contributed by atoms with Gasteiger partial charge in [0.1, 0.15) is 0 Å². The van der Waals surface area contributed by atoms with Gasteiger partial charge < -0.3 is 9.68 Å². The number of allylic oxidation sites excluding steroid dienone is 2. The molecule has 0 fully saturated rings. The van der Waals surface area contributed by atoms with Crippen LogP contribution in [0.3, 0.4) is 0 Å². The monoisotopic (exact) mass is 114 g/mol. The summed E-state index contributed by atoms with van der Waals surface area (Å²) in [6.45, 7) is 5.70. The van der Waals surface area contributed by atoms with Gasteiger partial charge in [-0.3, -0.25) is 0 Å². The first-order chi connectivity index (χ1) is 3.68. The molecule has 0 rings (SSSR count). The van der Waals surface area contributed by atoms with Gasteiger partial charge in [0.2, 0.25) is 0 Å². The summed E-state index contributed by atoms with van der Waals surface area (Å²) in [5.74, 6) is 0.799. The van der Waals surface area contributed by atoms with Crippen LogP contribution in [0.4, 0.5) is 0 Å². The van der Waals surface area contributed by atoms with E-state index >= 15 is 0 Å². The number of hydrogen-bond donors (Lipinski definition) is 1. The molecule has 1 N–H and O–H groups in total. The van der Waals surface area contributed by atoms with E-state index in [9.17, 15) is 0 Å². The number of hydrogen-bond acceptors (Lipinski definition) is 2. The lowest BCUT2D eigenvalue weighted by atomic mass is 10.3. The maximum Gasteiger partial charge on any atom is 0.503 e. The second-order valence-electron chi connectivity index (χ2n) is 1.83. The molecule has 0 aliphatic heterocycles. The maximum atomic E-state index is 8.23. The molecule has 0 heterocycles. The zero-order valence-electron chi connectivity index (χ0n) is 5.56. The Morgan fingerprint density at radius 2 is 1.88 bits per heavy atom. The van der Waals surface area contributed by atoms with Gasteiger partial charge in [-0.05, 0) is 26.3 Å². The second kappa shape index (κ2) is 3.55. The Hall–Kier alpha value is -0.435. The molecule has 0 saturated heterocycles. The first-order valence-electron chi connectivity index (χ1n) is 2.56. The lowest BCUT2D eigenvalue weighted by Gasteiger charge is -2.01. The fourth-order valence-corrected chi connectivity index (χ4v) is 0.241. The first kappa shape index (κ1) is 7.56. The standard InChI is InChI=1S/C5H11BO2/c1-4(2)5(3)8-6-7/h6-7H,1-3H3. The van der Waals surface area contributed by atoms with E-state index in [0.29, 0.717) is 0 Å². The third-order valence-electron chi connectivity index (χ3n) is 0.985. The van der Waals surface area contributed by atoms with Crippen molar-refractivity contribution in [3.63, 3.8) is 0 Å². The first-order valence-corrected chi connectivity index (χ1v) is 2.56. The van der Waals surface area contributed by atoms with Crippen LogP contribution in [0, 0.1) is 0 Å². The predicted molar refractivity (Wildman–Crippen MR) is 34.5 cm³/mol. The highest BCUT2D eigenvalue weighted by molar-refractivity contribution is 6.16. The van der Waals surface area contributed by atoms with Crippen LogP contribution in [0.2, 0.25) is 0 Å². The van der Waals surface area contributed by atoms with Crippen molar-refractivity contribution in [3.8, 4) is 0 Å². The summed E-state index contributed by atoms with van der Waals surface area (Å²) in [7, 11) is -0.225. The van der Waals surface area contributed by atoms with Crippen molar-refractivity contribution < 1.29 is 9.68 Å². The normalized spacial score (nSPS) is 8.00. The van der Waals surface area contributed by atoms with Gasteiger partial charge >= 0.3 is 7.69 Å². The highest BCUT2D eigenvalue weighted by atomic mass is 16.5. The van der Waals surface area contributed by atoms with Gasteiger partial charge in [0.05, 0.1) is 5.76 Å². The summed E-state index contributed by atoms with van der Waals surface area (Å²) in [6, 6.07) is 0. The second-order valence-corrected chi connectivity index (χ2v) is 1.83. The molecule has 0 aromatic rings. The molecule has 0 aliphatic carbocycles. The Labute approximate surface area is 50.5 Å². The molecule has 0 aromatic carbocycles. The van der Waals surface area contributed by atoms with Gasteiger partial charge in [0, 0.05) is 0 Å². The summed E-state index contributed by atoms with van der Waals surface area (Å²) in [5.41, 5.74) is 1.10. The van der Waals surface area contributed by atoms with Crippen LogP contribution in [0.1, 0.15) is 20.8 Å². The molecule has 0 bridgehead atoms. The van der Waals surface area contributed by atoms with E-state index in [4.69, 9.17) is 9.68 Å². The molecule has 0 unspecified atom stereocenters. The lowest BCUT2D eigenvalue weighted by molar-refractivity contribution is 0.366. The van der Waals surface area contributed by atoms with Gasteiger partial charge in [-0.2, -0.15) is 0 Å². The quantitative estimate of drug-likeness (QED) is 0.420. The summed E-state index contributed by atoms with van der Waals surface area (Å²) < 4.78 is 4.74. The molecular weight excluding hydrogens is 103 g/mol. The van der Waals surface area contributed by atoms with Gasteiger partial charge in [-0.1, -0.05) is 0 Å². The molecule has 2 nitrogen and oxygen atoms in total. The molecule has 3 heteroatoms. The van der Waals surface area contributed by atoms with E-state index in [1.807, 2.05) is 20.8 Å². The largest absolute Gasteiger partial charge is 0.542 e. The van der Waals surface area contributed by atoms with Crippen LogP contribution in [-0.2, 0) is 4.65 Å². The SMILES string of the molecule is CC(C)=C(C)OBO. The van der Waals surface area contributed by atoms with E-state index in [0.717, 1.165) is 11.3 Å². The Morgan fingerprint density at radius 1 is 1.38 bits per heavy atom. The smallest absolute Gasteiger partial charge is 0.503 e. The third kappa shape index (κ3) is 2.69. The average Bonchev–Trinajstić information content (AvgIpc) is 1.67. The highest BCUT2D eigenvalue weighted by Crippen LogP contribution is 2.00.